The van der Waals surface area contributed by atoms with Crippen LogP contribution in [0.15, 0.2) is 0 Å². The van der Waals surface area contributed by atoms with Crippen molar-refractivity contribution in [1.29, 1.82) is 0 Å². The molecule has 0 saturated carbocycles. The molecule has 0 unspecified atom stereocenters. The molecule has 0 aliphatic rings. The van der Waals surface area contributed by atoms with E-state index < -0.39 is 34.2 Å². The van der Waals surface area contributed by atoms with E-state index >= 15 is 0 Å². The molecule has 68 valence electrons. The molecule has 0 rings (SSSR count). The molecule has 0 aromatic heterocycles. The summed E-state index contributed by atoms with van der Waals surface area (Å²) in [5.41, 5.74) is -5.25. The topological polar surface area (TPSA) is 34.1 Å². The maximum absolute atomic E-state index is 11.4. The Balaban J connectivity index is 4.26. The fraction of sp³-hybridized carbons (Fsp3) is 1.00. The van der Waals surface area contributed by atoms with Gasteiger partial charge in [0.1, 0.15) is 0 Å². The van der Waals surface area contributed by atoms with Crippen molar-refractivity contribution in [2.24, 2.45) is 0 Å². The molecule has 11 heavy (non-hydrogen) atoms. The van der Waals surface area contributed by atoms with Crippen molar-refractivity contribution in [3.63, 3.8) is 0 Å². The first-order chi connectivity index (χ1) is 4.81. The third-order valence-electron chi connectivity index (χ3n) is 0.899. The Morgan fingerprint density at radius 1 is 1.18 bits per heavy atom. The number of hydrogen-bond acceptors (Lipinski definition) is 2. The first-order valence-electron chi connectivity index (χ1n) is 2.66. The van der Waals surface area contributed by atoms with Gasteiger partial charge in [0.2, 0.25) is 9.84 Å². The maximum atomic E-state index is 11.4. The fourth-order valence-electron chi connectivity index (χ4n) is 0.360. The van der Waals surface area contributed by atoms with Gasteiger partial charge in [0.15, 0.2) is 0 Å². The normalized spacial score (nSPS) is 13.5. The quantitative estimate of drug-likeness (QED) is 0.633. The Kier molecular flexibility index (Phi) is 3.28. The molecule has 0 amide bonds. The Labute approximate surface area is 61.1 Å². The zero-order valence-electron chi connectivity index (χ0n) is 5.36. The summed E-state index contributed by atoms with van der Waals surface area (Å²) >= 11 is 0. The summed E-state index contributed by atoms with van der Waals surface area (Å²) in [5, 5.41) is 0. The van der Waals surface area contributed by atoms with Crippen molar-refractivity contribution < 1.29 is 26.0 Å². The lowest BCUT2D eigenvalue weighted by Gasteiger charge is -2.05. The predicted molar refractivity (Wildman–Crippen MR) is 30.4 cm³/mol. The number of halogens is 4. The van der Waals surface area contributed by atoms with Gasteiger partial charge in [0.25, 0.3) is 0 Å². The summed E-state index contributed by atoms with van der Waals surface area (Å²) in [7, 11) is -5.10. The van der Waals surface area contributed by atoms with Gasteiger partial charge in [-0.1, -0.05) is 0 Å². The van der Waals surface area contributed by atoms with Crippen LogP contribution in [0.5, 0.6) is 0 Å². The van der Waals surface area contributed by atoms with Gasteiger partial charge < -0.3 is 0 Å². The van der Waals surface area contributed by atoms with Crippen LogP contribution in [0.4, 0.5) is 17.6 Å². The molecule has 7 heteroatoms. The second kappa shape index (κ2) is 3.38. The Bertz CT molecular complexity index is 205. The molecular weight excluding hydrogens is 187 g/mol. The van der Waals surface area contributed by atoms with Gasteiger partial charge in [-0.15, -0.1) is 0 Å². The number of hydrogen-bond donors (Lipinski definition) is 0. The van der Waals surface area contributed by atoms with E-state index in [2.05, 4.69) is 0 Å². The molecule has 0 fully saturated rings. The van der Waals surface area contributed by atoms with Crippen LogP contribution >= 0.6 is 0 Å². The van der Waals surface area contributed by atoms with E-state index in [-0.39, 0.29) is 0 Å². The SMILES string of the molecule is O=S(=O)(CCC[18F])C(F)(F)F. The smallest absolute Gasteiger partial charge is 0.251 e. The third-order valence-corrected chi connectivity index (χ3v) is 2.43. The Hall–Kier alpha value is -0.330. The van der Waals surface area contributed by atoms with Crippen LogP contribution in [0.1, 0.15) is 6.42 Å². The molecule has 0 atom stereocenters. The van der Waals surface area contributed by atoms with E-state index in [1.807, 2.05) is 0 Å². The van der Waals surface area contributed by atoms with Gasteiger partial charge in [-0.05, 0) is 6.42 Å². The predicted octanol–water partition coefficient (Wildman–Crippen LogP) is 1.28. The van der Waals surface area contributed by atoms with E-state index in [1.165, 1.54) is 0 Å². The van der Waals surface area contributed by atoms with Crippen LogP contribution in [-0.4, -0.2) is 26.4 Å². The standard InChI is InChI=1S/C4H6F4O2S/c5-2-1-3-11(9,10)4(6,7)8/h1-3H2/i5-1. The van der Waals surface area contributed by atoms with Crippen molar-refractivity contribution in [2.75, 3.05) is 12.4 Å². The van der Waals surface area contributed by atoms with Crippen molar-refractivity contribution >= 4 is 9.84 Å². The highest BCUT2D eigenvalue weighted by atomic mass is 32.2. The van der Waals surface area contributed by atoms with E-state index in [9.17, 15) is 26.0 Å². The number of sulfone groups is 1. The van der Waals surface area contributed by atoms with Gasteiger partial charge in [-0.25, -0.2) is 8.42 Å². The highest BCUT2D eigenvalue weighted by molar-refractivity contribution is 7.92. The third kappa shape index (κ3) is 3.04. The average molecular weight is 193 g/mol. The minimum absolute atomic E-state index is 0.609. The molecule has 0 spiro atoms. The molecule has 2 nitrogen and oxygen atoms in total. The molecule has 0 aromatic rings. The van der Waals surface area contributed by atoms with Crippen molar-refractivity contribution in [1.82, 2.24) is 0 Å². The van der Waals surface area contributed by atoms with Crippen LogP contribution < -0.4 is 0 Å². The lowest BCUT2D eigenvalue weighted by molar-refractivity contribution is -0.0435. The van der Waals surface area contributed by atoms with Crippen LogP contribution in [0.25, 0.3) is 0 Å². The van der Waals surface area contributed by atoms with Crippen molar-refractivity contribution in [2.45, 2.75) is 11.9 Å². The Morgan fingerprint density at radius 2 is 1.64 bits per heavy atom. The summed E-state index contributed by atoms with van der Waals surface area (Å²) in [6.07, 6.45) is -0.609. The molecule has 0 bridgehead atoms. The van der Waals surface area contributed by atoms with Crippen molar-refractivity contribution in [3.8, 4) is 0 Å². The van der Waals surface area contributed by atoms with Gasteiger partial charge in [0.05, 0.1) is 12.4 Å². The highest BCUT2D eigenvalue weighted by Crippen LogP contribution is 2.24. The van der Waals surface area contributed by atoms with E-state index in [4.69, 9.17) is 0 Å². The molecule has 0 heterocycles. The van der Waals surface area contributed by atoms with Crippen LogP contribution in [0.2, 0.25) is 0 Å². The minimum Gasteiger partial charge on any atom is -0.251 e. The summed E-state index contributed by atoms with van der Waals surface area (Å²) < 4.78 is 65.9. The molecule has 0 aliphatic heterocycles. The van der Waals surface area contributed by atoms with E-state index in [1.54, 1.807) is 0 Å². The fourth-order valence-corrected chi connectivity index (χ4v) is 1.08. The highest BCUT2D eigenvalue weighted by Gasteiger charge is 2.44. The molecule has 0 aliphatic carbocycles. The zero-order chi connectivity index (χ0) is 9.12. The second-order valence-electron chi connectivity index (χ2n) is 1.81. The largest absolute Gasteiger partial charge is 0.497 e. The molecule has 0 radical (unpaired) electrons. The van der Waals surface area contributed by atoms with Gasteiger partial charge in [-0.3, -0.25) is 4.39 Å². The van der Waals surface area contributed by atoms with Crippen LogP contribution in [0, 0.1) is 0 Å². The number of alkyl halides is 4. The van der Waals surface area contributed by atoms with Gasteiger partial charge in [-0.2, -0.15) is 13.2 Å². The first kappa shape index (κ1) is 10.7. The van der Waals surface area contributed by atoms with Crippen molar-refractivity contribution in [3.05, 3.63) is 0 Å². The van der Waals surface area contributed by atoms with Gasteiger partial charge in [0, 0.05) is 0 Å². The summed E-state index contributed by atoms with van der Waals surface area (Å²) in [6, 6.07) is 0. The van der Waals surface area contributed by atoms with Crippen LogP contribution in [0.3, 0.4) is 0 Å². The average Bonchev–Trinajstić information content (AvgIpc) is 1.81. The molecule has 0 N–H and O–H groups in total. The maximum Gasteiger partial charge on any atom is 0.497 e. The minimum atomic E-state index is -5.25. The lowest BCUT2D eigenvalue weighted by Crippen LogP contribution is -2.26. The van der Waals surface area contributed by atoms with E-state index in [0.717, 1.165) is 0 Å². The second-order valence-corrected chi connectivity index (χ2v) is 3.91. The van der Waals surface area contributed by atoms with Gasteiger partial charge >= 0.3 is 5.51 Å². The van der Waals surface area contributed by atoms with Crippen LogP contribution in [-0.2, 0) is 9.84 Å². The lowest BCUT2D eigenvalue weighted by atomic mass is 10.6. The molecular formula is C4H6F4O2S. The summed E-state index contributed by atoms with van der Waals surface area (Å²) in [6.45, 7) is -1.06. The zero-order valence-corrected chi connectivity index (χ0v) is 6.17. The number of rotatable bonds is 3. The molecule has 0 saturated heterocycles. The molecule has 0 aromatic carbocycles. The monoisotopic (exact) mass is 193 g/mol. The van der Waals surface area contributed by atoms with E-state index in [0.29, 0.717) is 0 Å². The summed E-state index contributed by atoms with van der Waals surface area (Å²) in [5.74, 6) is -1.17. The summed E-state index contributed by atoms with van der Waals surface area (Å²) in [4.78, 5) is 0. The first-order valence-corrected chi connectivity index (χ1v) is 4.31. The Morgan fingerprint density at radius 3 is 1.91 bits per heavy atom.